The average molecular weight is 575 g/mol. The van der Waals surface area contributed by atoms with Gasteiger partial charge in [-0.25, -0.2) is 16.8 Å². The predicted molar refractivity (Wildman–Crippen MR) is 109 cm³/mol. The normalized spacial score (nSPS) is 13.0. The number of aryl methyl sites for hydroxylation is 3. The van der Waals surface area contributed by atoms with Gasteiger partial charge >= 0.3 is 0 Å². The molecule has 0 aliphatic rings. The van der Waals surface area contributed by atoms with Crippen LogP contribution in [-0.2, 0) is 19.7 Å². The third-order valence-corrected chi connectivity index (χ3v) is 11.0. The molecule has 4 nitrogen and oxygen atoms in total. The van der Waals surface area contributed by atoms with Crippen molar-refractivity contribution in [3.05, 3.63) is 53.1 Å². The van der Waals surface area contributed by atoms with E-state index in [0.29, 0.717) is 11.1 Å². The third kappa shape index (κ3) is 4.05. The first-order chi connectivity index (χ1) is 11.3. The molecule has 0 aromatic heterocycles. The Labute approximate surface area is 173 Å². The fourth-order valence-electron chi connectivity index (χ4n) is 2.64. The first-order valence-corrected chi connectivity index (χ1v) is 12.4. The number of benzene rings is 2. The van der Waals surface area contributed by atoms with E-state index in [4.69, 9.17) is 0 Å². The average Bonchev–Trinajstić information content (AvgIpc) is 2.44. The van der Waals surface area contributed by atoms with Gasteiger partial charge in [0.25, 0.3) is 0 Å². The Hall–Kier alpha value is -0.220. The number of alkyl halides is 3. The number of halogens is 3. The van der Waals surface area contributed by atoms with Crippen LogP contribution < -0.4 is 0 Å². The van der Waals surface area contributed by atoms with Crippen molar-refractivity contribution in [3.8, 4) is 0 Å². The minimum Gasteiger partial charge on any atom is -0.220 e. The Morgan fingerprint density at radius 3 is 1.56 bits per heavy atom. The molecule has 0 atom stereocenters. The van der Waals surface area contributed by atoms with E-state index >= 15 is 0 Å². The molecule has 9 heteroatoms. The number of sulfone groups is 2. The minimum atomic E-state index is -3.77. The maximum absolute atomic E-state index is 13.0. The summed E-state index contributed by atoms with van der Waals surface area (Å²) in [6, 6.07) is 8.79. The van der Waals surface area contributed by atoms with Gasteiger partial charge in [0.05, 0.1) is 14.7 Å². The van der Waals surface area contributed by atoms with E-state index in [1.807, 2.05) is 19.1 Å². The molecule has 2 aromatic rings. The molecule has 0 radical (unpaired) electrons. The Morgan fingerprint density at radius 2 is 1.16 bits per heavy atom. The second-order valence-electron chi connectivity index (χ2n) is 5.65. The van der Waals surface area contributed by atoms with E-state index < -0.39 is 21.1 Å². The SMILES string of the molecule is Cc1cc(C)c(S(=O)(=O)c2ccc(S(=O)(=O)C(Br)(Br)Br)cc2)c(C)c1. The summed E-state index contributed by atoms with van der Waals surface area (Å²) in [7, 11) is -7.51. The molecule has 2 rings (SSSR count). The highest BCUT2D eigenvalue weighted by molar-refractivity contribution is 9.42. The summed E-state index contributed by atoms with van der Waals surface area (Å²) in [5.41, 5.74) is 2.31. The molecular formula is C16H15Br3O4S2. The molecule has 0 N–H and O–H groups in total. The number of rotatable bonds is 3. The van der Waals surface area contributed by atoms with Crippen LogP contribution in [0, 0.1) is 20.8 Å². The summed E-state index contributed by atoms with van der Waals surface area (Å²) < 4.78 is 49.1. The van der Waals surface area contributed by atoms with Crippen LogP contribution in [0.4, 0.5) is 0 Å². The van der Waals surface area contributed by atoms with Crippen LogP contribution in [-0.4, -0.2) is 18.3 Å². The molecule has 25 heavy (non-hydrogen) atoms. The Balaban J connectivity index is 2.58. The van der Waals surface area contributed by atoms with Gasteiger partial charge in [-0.3, -0.25) is 0 Å². The van der Waals surface area contributed by atoms with Crippen molar-refractivity contribution >= 4 is 67.5 Å². The molecule has 0 bridgehead atoms. The first-order valence-electron chi connectivity index (χ1n) is 7.03. The monoisotopic (exact) mass is 572 g/mol. The van der Waals surface area contributed by atoms with Crippen LogP contribution in [0.15, 0.2) is 51.1 Å². The molecule has 136 valence electrons. The van der Waals surface area contributed by atoms with E-state index in [9.17, 15) is 16.8 Å². The number of hydrogen-bond acceptors (Lipinski definition) is 4. The van der Waals surface area contributed by atoms with Crippen LogP contribution in [0.25, 0.3) is 0 Å². The van der Waals surface area contributed by atoms with Crippen LogP contribution in [0.3, 0.4) is 0 Å². The molecule has 0 spiro atoms. The van der Waals surface area contributed by atoms with Gasteiger partial charge in [-0.1, -0.05) is 17.7 Å². The van der Waals surface area contributed by atoms with E-state index in [2.05, 4.69) is 47.8 Å². The summed E-state index contributed by atoms with van der Waals surface area (Å²) in [6.07, 6.45) is 0. The van der Waals surface area contributed by atoms with Crippen LogP contribution in [0.5, 0.6) is 0 Å². The van der Waals surface area contributed by atoms with Gasteiger partial charge in [0.15, 0.2) is 0 Å². The first kappa shape index (κ1) is 21.1. The quantitative estimate of drug-likeness (QED) is 0.483. The molecule has 0 aliphatic carbocycles. The Bertz CT molecular complexity index is 997. The van der Waals surface area contributed by atoms with Gasteiger partial charge in [-0.2, -0.15) is 0 Å². The Morgan fingerprint density at radius 1 is 0.760 bits per heavy atom. The summed E-state index contributed by atoms with van der Waals surface area (Å²) in [5.74, 6) is 0. The zero-order valence-corrected chi connectivity index (χ0v) is 19.9. The van der Waals surface area contributed by atoms with Crippen LogP contribution in [0.1, 0.15) is 16.7 Å². The van der Waals surface area contributed by atoms with Crippen LogP contribution >= 0.6 is 47.8 Å². The lowest BCUT2D eigenvalue weighted by Gasteiger charge is -2.15. The van der Waals surface area contributed by atoms with E-state index in [1.54, 1.807) is 13.8 Å². The van der Waals surface area contributed by atoms with Crippen molar-refractivity contribution in [2.75, 3.05) is 0 Å². The van der Waals surface area contributed by atoms with Crippen molar-refractivity contribution in [1.82, 2.24) is 0 Å². The maximum Gasteiger partial charge on any atom is 0.239 e. The summed E-state index contributed by atoms with van der Waals surface area (Å²) in [4.78, 5) is 0.282. The van der Waals surface area contributed by atoms with Gasteiger partial charge in [-0.15, -0.1) is 0 Å². The Kier molecular flexibility index (Phi) is 5.96. The molecule has 0 saturated carbocycles. The second-order valence-corrected chi connectivity index (χ2v) is 18.0. The topological polar surface area (TPSA) is 68.3 Å². The van der Waals surface area contributed by atoms with E-state index in [0.717, 1.165) is 5.56 Å². The highest BCUT2D eigenvalue weighted by atomic mass is 80.0. The molecule has 0 heterocycles. The summed E-state index contributed by atoms with van der Waals surface area (Å²) >= 11 is 8.95. The molecular weight excluding hydrogens is 560 g/mol. The van der Waals surface area contributed by atoms with Crippen molar-refractivity contribution < 1.29 is 16.8 Å². The smallest absolute Gasteiger partial charge is 0.220 e. The van der Waals surface area contributed by atoms with Crippen LogP contribution in [0.2, 0.25) is 0 Å². The minimum absolute atomic E-state index is 0.0191. The van der Waals surface area contributed by atoms with Crippen molar-refractivity contribution in [3.63, 3.8) is 0 Å². The predicted octanol–water partition coefficient (Wildman–Crippen LogP) is 5.01. The van der Waals surface area contributed by atoms with Gasteiger partial charge in [-0.05, 0) is 104 Å². The summed E-state index contributed by atoms with van der Waals surface area (Å²) in [6.45, 7) is 5.41. The standard InChI is InChI=1S/C16H15Br3O4S2/c1-10-8-11(2)15(12(3)9-10)24(20,21)13-4-6-14(7-5-13)25(22,23)16(17,18)19/h4-9H,1-3H3. The third-order valence-electron chi connectivity index (χ3n) is 3.62. The maximum atomic E-state index is 13.0. The van der Waals surface area contributed by atoms with Crippen molar-refractivity contribution in [1.29, 1.82) is 0 Å². The van der Waals surface area contributed by atoms with Gasteiger partial charge in [0.1, 0.15) is 0 Å². The van der Waals surface area contributed by atoms with Gasteiger partial charge in [0, 0.05) is 0 Å². The number of hydrogen-bond donors (Lipinski definition) is 0. The fourth-order valence-corrected chi connectivity index (χ4v) is 6.78. The lowest BCUT2D eigenvalue weighted by Crippen LogP contribution is -2.18. The van der Waals surface area contributed by atoms with E-state index in [1.165, 1.54) is 24.3 Å². The lowest BCUT2D eigenvalue weighted by molar-refractivity contribution is 0.592. The molecule has 0 amide bonds. The highest BCUT2D eigenvalue weighted by Crippen LogP contribution is 2.43. The summed E-state index contributed by atoms with van der Waals surface area (Å²) in [5, 5.41) is 0. The largest absolute Gasteiger partial charge is 0.239 e. The van der Waals surface area contributed by atoms with Gasteiger partial charge in [0.2, 0.25) is 21.1 Å². The molecule has 2 aromatic carbocycles. The second kappa shape index (κ2) is 7.07. The fraction of sp³-hybridized carbons (Fsp3) is 0.250. The van der Waals surface area contributed by atoms with Crippen molar-refractivity contribution in [2.24, 2.45) is 0 Å². The van der Waals surface area contributed by atoms with Crippen molar-refractivity contribution in [2.45, 2.75) is 36.9 Å². The lowest BCUT2D eigenvalue weighted by atomic mass is 10.1. The molecule has 0 fully saturated rings. The zero-order chi connectivity index (χ0) is 19.2. The molecule has 0 aliphatic heterocycles. The van der Waals surface area contributed by atoms with Gasteiger partial charge < -0.3 is 0 Å². The zero-order valence-electron chi connectivity index (χ0n) is 13.5. The molecule has 0 saturated heterocycles. The van der Waals surface area contributed by atoms with E-state index in [-0.39, 0.29) is 14.7 Å². The highest BCUT2D eigenvalue weighted by Gasteiger charge is 2.37. The molecule has 0 unspecified atom stereocenters.